The van der Waals surface area contributed by atoms with Crippen LogP contribution in [0.15, 0.2) is 24.3 Å². The number of anilines is 3. The Balaban J connectivity index is 0.00000264. The van der Waals surface area contributed by atoms with E-state index in [4.69, 9.17) is 0 Å². The van der Waals surface area contributed by atoms with Crippen LogP contribution in [-0.4, -0.2) is 14.7 Å². The molecule has 0 spiro atoms. The fraction of sp³-hybridized carbons (Fsp3) is 0.250. The molecule has 0 fully saturated rings. The van der Waals surface area contributed by atoms with Gasteiger partial charge in [-0.3, -0.25) is 4.72 Å². The first kappa shape index (κ1) is 20.1. The van der Waals surface area contributed by atoms with Crippen molar-refractivity contribution in [3.63, 3.8) is 0 Å². The maximum atomic E-state index is 14.0. The summed E-state index contributed by atoms with van der Waals surface area (Å²) < 4.78 is 39.7. The Labute approximate surface area is 161 Å². The quantitative estimate of drug-likeness (QED) is 0.757. The van der Waals surface area contributed by atoms with E-state index in [0.717, 1.165) is 17.5 Å². The molecule has 7 heteroatoms. The first-order valence-electron chi connectivity index (χ1n) is 6.70. The second-order valence-corrected chi connectivity index (χ2v) is 7.04. The van der Waals surface area contributed by atoms with Crippen LogP contribution in [0.1, 0.15) is 16.7 Å². The third-order valence-corrected chi connectivity index (χ3v) is 3.91. The first-order valence-corrected chi connectivity index (χ1v) is 8.59. The van der Waals surface area contributed by atoms with Gasteiger partial charge in [0.05, 0.1) is 17.6 Å². The Morgan fingerprint density at radius 2 is 1.78 bits per heavy atom. The van der Waals surface area contributed by atoms with Crippen molar-refractivity contribution in [3.05, 3.63) is 52.8 Å². The van der Waals surface area contributed by atoms with Crippen LogP contribution in [0.2, 0.25) is 0 Å². The van der Waals surface area contributed by atoms with Crippen molar-refractivity contribution < 1.29 is 45.5 Å². The van der Waals surface area contributed by atoms with Crippen LogP contribution in [0.5, 0.6) is 0 Å². The molecule has 2 rings (SSSR count). The molecule has 0 saturated heterocycles. The van der Waals surface area contributed by atoms with Crippen molar-refractivity contribution in [2.75, 3.05) is 16.3 Å². The summed E-state index contributed by atoms with van der Waals surface area (Å²) in [4.78, 5) is 0. The average Bonchev–Trinajstić information content (AvgIpc) is 2.41. The van der Waals surface area contributed by atoms with E-state index in [1.807, 2.05) is 6.92 Å². The zero-order valence-corrected chi connectivity index (χ0v) is 17.1. The summed E-state index contributed by atoms with van der Waals surface area (Å²) in [6, 6.07) is 9.61. The summed E-state index contributed by atoms with van der Waals surface area (Å²) >= 11 is 0. The third-order valence-electron chi connectivity index (χ3n) is 3.34. The number of nitrogens with one attached hydrogen (secondary N) is 2. The van der Waals surface area contributed by atoms with Crippen molar-refractivity contribution in [1.29, 1.82) is 0 Å². The monoisotopic (exact) mass is 410 g/mol. The van der Waals surface area contributed by atoms with Gasteiger partial charge >= 0.3 is 0 Å². The van der Waals surface area contributed by atoms with Gasteiger partial charge in [-0.2, -0.15) is 18.2 Å². The topological polar surface area (TPSA) is 58.2 Å². The van der Waals surface area contributed by atoms with Crippen molar-refractivity contribution in [2.45, 2.75) is 20.8 Å². The normalized spacial score (nSPS) is 10.8. The number of sulfonamides is 1. The van der Waals surface area contributed by atoms with Gasteiger partial charge in [0.15, 0.2) is 0 Å². The average molecular weight is 410 g/mol. The Bertz CT molecular complexity index is 823. The molecule has 2 N–H and O–H groups in total. The number of hydrogen-bond donors (Lipinski definition) is 2. The summed E-state index contributed by atoms with van der Waals surface area (Å²) in [5, 5.41) is 3.13. The van der Waals surface area contributed by atoms with Gasteiger partial charge in [-0.05, 0) is 25.5 Å². The standard InChI is InChI=1S/C16H18FN2O2S.Y/c1-10-7-5-6-8-14(10)18-16-12(3)13(17)9-11(2)15(16)19-22(4,20)21;/h6-9,18-19H,1-4H3;/q-1;. The van der Waals surface area contributed by atoms with E-state index in [1.165, 1.54) is 6.07 Å². The molecule has 0 unspecified atom stereocenters. The van der Waals surface area contributed by atoms with E-state index < -0.39 is 10.0 Å². The number of aryl methyl sites for hydroxylation is 2. The molecular weight excluding hydrogens is 392 g/mol. The molecule has 2 aromatic carbocycles. The molecule has 121 valence electrons. The van der Waals surface area contributed by atoms with Gasteiger partial charge < -0.3 is 5.32 Å². The van der Waals surface area contributed by atoms with Crippen molar-refractivity contribution in [2.24, 2.45) is 0 Å². The van der Waals surface area contributed by atoms with E-state index in [2.05, 4.69) is 16.1 Å². The molecule has 0 heterocycles. The molecular formula is C16H18FN2O2SY-. The van der Waals surface area contributed by atoms with E-state index in [1.54, 1.807) is 32.0 Å². The summed E-state index contributed by atoms with van der Waals surface area (Å²) in [6.07, 6.45) is 1.07. The number of benzene rings is 2. The third kappa shape index (κ3) is 5.00. The minimum atomic E-state index is -3.47. The number of halogens is 1. The summed E-state index contributed by atoms with van der Waals surface area (Å²) in [5.74, 6) is -0.390. The van der Waals surface area contributed by atoms with Gasteiger partial charge in [0, 0.05) is 38.3 Å². The molecule has 0 amide bonds. The van der Waals surface area contributed by atoms with Gasteiger partial charge in [0.2, 0.25) is 10.0 Å². The van der Waals surface area contributed by atoms with Crippen LogP contribution < -0.4 is 10.0 Å². The smallest absolute Gasteiger partial charge is 0.229 e. The predicted molar refractivity (Wildman–Crippen MR) is 87.6 cm³/mol. The fourth-order valence-electron chi connectivity index (χ4n) is 2.14. The Hall–Kier alpha value is -0.976. The Morgan fingerprint density at radius 3 is 2.35 bits per heavy atom. The zero-order chi connectivity index (χ0) is 16.5. The van der Waals surface area contributed by atoms with Crippen LogP contribution in [0.25, 0.3) is 0 Å². The van der Waals surface area contributed by atoms with E-state index in [-0.39, 0.29) is 38.5 Å². The maximum Gasteiger partial charge on any atom is 0.229 e. The molecule has 0 aliphatic heterocycles. The SMILES string of the molecule is Cc1c[c-]ccc1Nc1c(C)c(F)cc(C)c1NS(C)(=O)=O.[Y]. The second kappa shape index (κ2) is 7.73. The Morgan fingerprint density at radius 1 is 1.13 bits per heavy atom. The second-order valence-electron chi connectivity index (χ2n) is 5.29. The van der Waals surface area contributed by atoms with Crippen LogP contribution in [0, 0.1) is 32.7 Å². The molecule has 4 nitrogen and oxygen atoms in total. The molecule has 2 aromatic rings. The van der Waals surface area contributed by atoms with E-state index in [9.17, 15) is 12.8 Å². The molecule has 0 aliphatic carbocycles. The zero-order valence-electron chi connectivity index (χ0n) is 13.5. The maximum absolute atomic E-state index is 14.0. The van der Waals surface area contributed by atoms with Gasteiger partial charge in [-0.25, -0.2) is 12.8 Å². The molecule has 0 atom stereocenters. The predicted octanol–water partition coefficient (Wildman–Crippen LogP) is 3.66. The van der Waals surface area contributed by atoms with Crippen LogP contribution in [-0.2, 0) is 42.7 Å². The van der Waals surface area contributed by atoms with E-state index in [0.29, 0.717) is 22.5 Å². The minimum Gasteiger partial charge on any atom is -0.376 e. The van der Waals surface area contributed by atoms with Crippen molar-refractivity contribution in [3.8, 4) is 0 Å². The van der Waals surface area contributed by atoms with Crippen molar-refractivity contribution >= 4 is 27.1 Å². The molecule has 23 heavy (non-hydrogen) atoms. The van der Waals surface area contributed by atoms with Gasteiger partial charge in [-0.1, -0.05) is 12.6 Å². The van der Waals surface area contributed by atoms with Crippen LogP contribution in [0.3, 0.4) is 0 Å². The number of hydrogen-bond acceptors (Lipinski definition) is 3. The number of rotatable bonds is 4. The fourth-order valence-corrected chi connectivity index (χ4v) is 2.77. The molecule has 0 aliphatic rings. The van der Waals surface area contributed by atoms with E-state index >= 15 is 0 Å². The summed E-state index contributed by atoms with van der Waals surface area (Å²) in [6.45, 7) is 5.16. The Kier molecular flexibility index (Phi) is 6.74. The van der Waals surface area contributed by atoms with Crippen molar-refractivity contribution in [1.82, 2.24) is 0 Å². The summed E-state index contributed by atoms with van der Waals surface area (Å²) in [7, 11) is -3.47. The minimum absolute atomic E-state index is 0. The van der Waals surface area contributed by atoms with Gasteiger partial charge in [-0.15, -0.1) is 11.6 Å². The van der Waals surface area contributed by atoms with Crippen LogP contribution >= 0.6 is 0 Å². The molecule has 1 radical (unpaired) electrons. The summed E-state index contributed by atoms with van der Waals surface area (Å²) in [5.41, 5.74) is 3.32. The van der Waals surface area contributed by atoms with Gasteiger partial charge in [0.1, 0.15) is 5.82 Å². The molecule has 0 saturated carbocycles. The largest absolute Gasteiger partial charge is 0.376 e. The van der Waals surface area contributed by atoms with Gasteiger partial charge in [0.25, 0.3) is 0 Å². The molecule has 0 bridgehead atoms. The van der Waals surface area contributed by atoms with Crippen LogP contribution in [0.4, 0.5) is 21.5 Å². The molecule has 0 aromatic heterocycles. The first-order chi connectivity index (χ1) is 10.2.